The number of rotatable bonds is 2. The Balaban J connectivity index is 2.16. The third-order valence-corrected chi connectivity index (χ3v) is 3.58. The van der Waals surface area contributed by atoms with Gasteiger partial charge >= 0.3 is 0 Å². The molecule has 0 saturated heterocycles. The van der Waals surface area contributed by atoms with Crippen LogP contribution in [-0.2, 0) is 0 Å². The Labute approximate surface area is 114 Å². The first-order valence-electron chi connectivity index (χ1n) is 5.75. The number of allylic oxidation sites excluding steroid dienone is 1. The third kappa shape index (κ3) is 2.02. The van der Waals surface area contributed by atoms with Crippen molar-refractivity contribution in [3.8, 4) is 6.07 Å². The first kappa shape index (κ1) is 11.6. The van der Waals surface area contributed by atoms with Gasteiger partial charge in [-0.1, -0.05) is 6.07 Å². The number of nitriles is 1. The first-order valence-corrected chi connectivity index (χ1v) is 6.63. The molecular formula is C14H10N4S. The van der Waals surface area contributed by atoms with E-state index in [1.165, 1.54) is 0 Å². The molecule has 3 aromatic rings. The molecule has 0 aromatic carbocycles. The second-order valence-electron chi connectivity index (χ2n) is 4.02. The third-order valence-electron chi connectivity index (χ3n) is 2.83. The molecule has 0 fully saturated rings. The second kappa shape index (κ2) is 4.67. The number of fused-ring (bicyclic) bond motifs is 1. The summed E-state index contributed by atoms with van der Waals surface area (Å²) in [7, 11) is 0. The molecule has 3 rings (SSSR count). The molecule has 92 valence electrons. The van der Waals surface area contributed by atoms with E-state index in [0.717, 1.165) is 16.3 Å². The van der Waals surface area contributed by atoms with E-state index >= 15 is 0 Å². The van der Waals surface area contributed by atoms with Crippen molar-refractivity contribution in [3.63, 3.8) is 0 Å². The van der Waals surface area contributed by atoms with Crippen LogP contribution in [0, 0.1) is 18.3 Å². The summed E-state index contributed by atoms with van der Waals surface area (Å²) in [6, 6.07) is 7.74. The summed E-state index contributed by atoms with van der Waals surface area (Å²) in [5, 5.41) is 11.3. The number of aromatic nitrogens is 3. The number of hydrogen-bond acceptors (Lipinski definition) is 4. The zero-order valence-electron chi connectivity index (χ0n) is 10.2. The lowest BCUT2D eigenvalue weighted by Crippen LogP contribution is -1.89. The largest absolute Gasteiger partial charge is 0.291 e. The van der Waals surface area contributed by atoms with E-state index in [1.54, 1.807) is 17.5 Å². The molecule has 0 saturated carbocycles. The summed E-state index contributed by atoms with van der Waals surface area (Å²) in [4.78, 5) is 9.60. The standard InChI is InChI=1S/C14H10N4S/c1-10-13(18-6-7-19-14(18)17-10)8-11(9-15)12-4-2-3-5-16-12/h2-8H,1H3. The molecule has 0 unspecified atom stereocenters. The molecule has 0 amide bonds. The molecule has 0 aliphatic carbocycles. The second-order valence-corrected chi connectivity index (χ2v) is 4.90. The van der Waals surface area contributed by atoms with E-state index in [4.69, 9.17) is 0 Å². The lowest BCUT2D eigenvalue weighted by atomic mass is 10.1. The lowest BCUT2D eigenvalue weighted by Gasteiger charge is -1.98. The van der Waals surface area contributed by atoms with Gasteiger partial charge in [-0.05, 0) is 25.1 Å². The van der Waals surface area contributed by atoms with Crippen LogP contribution in [0.1, 0.15) is 17.1 Å². The number of hydrogen-bond donors (Lipinski definition) is 0. The highest BCUT2D eigenvalue weighted by molar-refractivity contribution is 7.15. The number of pyridine rings is 1. The Morgan fingerprint density at radius 2 is 2.37 bits per heavy atom. The van der Waals surface area contributed by atoms with Gasteiger partial charge in [-0.15, -0.1) is 11.3 Å². The maximum atomic E-state index is 9.31. The predicted molar refractivity (Wildman–Crippen MR) is 75.5 cm³/mol. The molecule has 19 heavy (non-hydrogen) atoms. The van der Waals surface area contributed by atoms with Crippen LogP contribution in [-0.4, -0.2) is 14.4 Å². The molecule has 0 aliphatic heterocycles. The van der Waals surface area contributed by atoms with Crippen LogP contribution in [0.5, 0.6) is 0 Å². The Morgan fingerprint density at radius 1 is 1.47 bits per heavy atom. The van der Waals surface area contributed by atoms with Gasteiger partial charge in [0, 0.05) is 17.8 Å². The van der Waals surface area contributed by atoms with Gasteiger partial charge < -0.3 is 0 Å². The van der Waals surface area contributed by atoms with Crippen molar-refractivity contribution >= 4 is 27.9 Å². The van der Waals surface area contributed by atoms with Gasteiger partial charge in [0.1, 0.15) is 6.07 Å². The predicted octanol–water partition coefficient (Wildman–Crippen LogP) is 3.16. The highest BCUT2D eigenvalue weighted by Crippen LogP contribution is 2.21. The first-order chi connectivity index (χ1) is 9.29. The van der Waals surface area contributed by atoms with Crippen molar-refractivity contribution in [2.45, 2.75) is 6.92 Å². The normalized spacial score (nSPS) is 11.7. The molecule has 0 N–H and O–H groups in total. The van der Waals surface area contributed by atoms with Crippen molar-refractivity contribution in [3.05, 3.63) is 53.1 Å². The summed E-state index contributed by atoms with van der Waals surface area (Å²) in [6.07, 6.45) is 5.48. The molecule has 0 atom stereocenters. The number of imidazole rings is 1. The van der Waals surface area contributed by atoms with Gasteiger partial charge in [0.15, 0.2) is 4.96 Å². The Kier molecular flexibility index (Phi) is 2.86. The Hall–Kier alpha value is -2.45. The van der Waals surface area contributed by atoms with Crippen molar-refractivity contribution in [1.82, 2.24) is 14.4 Å². The van der Waals surface area contributed by atoms with E-state index in [0.29, 0.717) is 11.3 Å². The van der Waals surface area contributed by atoms with Gasteiger partial charge in [0.25, 0.3) is 0 Å². The van der Waals surface area contributed by atoms with Crippen molar-refractivity contribution in [2.75, 3.05) is 0 Å². The summed E-state index contributed by atoms with van der Waals surface area (Å²) < 4.78 is 1.99. The number of nitrogens with zero attached hydrogens (tertiary/aromatic N) is 4. The molecule has 5 heteroatoms. The van der Waals surface area contributed by atoms with Crippen LogP contribution < -0.4 is 0 Å². The minimum absolute atomic E-state index is 0.539. The SMILES string of the molecule is Cc1nc2sccn2c1C=C(C#N)c1ccccn1. The summed E-state index contributed by atoms with van der Waals surface area (Å²) in [5.41, 5.74) is 3.06. The van der Waals surface area contributed by atoms with Gasteiger partial charge in [-0.2, -0.15) is 5.26 Å². The van der Waals surface area contributed by atoms with E-state index < -0.39 is 0 Å². The van der Waals surface area contributed by atoms with Crippen molar-refractivity contribution in [2.24, 2.45) is 0 Å². The van der Waals surface area contributed by atoms with Crippen molar-refractivity contribution in [1.29, 1.82) is 5.26 Å². The average molecular weight is 266 g/mol. The Morgan fingerprint density at radius 3 is 3.11 bits per heavy atom. The lowest BCUT2D eigenvalue weighted by molar-refractivity contribution is 1.19. The monoisotopic (exact) mass is 266 g/mol. The van der Waals surface area contributed by atoms with E-state index in [1.807, 2.05) is 47.2 Å². The fraction of sp³-hybridized carbons (Fsp3) is 0.0714. The maximum absolute atomic E-state index is 9.31. The van der Waals surface area contributed by atoms with Crippen LogP contribution in [0.4, 0.5) is 0 Å². The van der Waals surface area contributed by atoms with Gasteiger partial charge in [-0.3, -0.25) is 9.38 Å². The van der Waals surface area contributed by atoms with Crippen LogP contribution >= 0.6 is 11.3 Å². The van der Waals surface area contributed by atoms with E-state index in [2.05, 4.69) is 16.0 Å². The minimum atomic E-state index is 0.539. The molecule has 4 nitrogen and oxygen atoms in total. The van der Waals surface area contributed by atoms with Gasteiger partial charge in [0.05, 0.1) is 22.7 Å². The van der Waals surface area contributed by atoms with Crippen molar-refractivity contribution < 1.29 is 0 Å². The molecule has 0 bridgehead atoms. The minimum Gasteiger partial charge on any atom is -0.291 e. The molecular weight excluding hydrogens is 256 g/mol. The maximum Gasteiger partial charge on any atom is 0.194 e. The zero-order chi connectivity index (χ0) is 13.2. The average Bonchev–Trinajstić information content (AvgIpc) is 2.99. The number of aryl methyl sites for hydroxylation is 1. The molecule has 3 heterocycles. The summed E-state index contributed by atoms with van der Waals surface area (Å²) >= 11 is 1.58. The zero-order valence-corrected chi connectivity index (χ0v) is 11.1. The van der Waals surface area contributed by atoms with E-state index in [-0.39, 0.29) is 0 Å². The van der Waals surface area contributed by atoms with Crippen LogP contribution in [0.3, 0.4) is 0 Å². The quantitative estimate of drug-likeness (QED) is 0.669. The Bertz CT molecular complexity index is 790. The molecule has 0 spiro atoms. The van der Waals surface area contributed by atoms with Crippen LogP contribution in [0.15, 0.2) is 36.0 Å². The highest BCUT2D eigenvalue weighted by Gasteiger charge is 2.09. The number of thiazole rings is 1. The summed E-state index contributed by atoms with van der Waals surface area (Å²) in [6.45, 7) is 1.94. The van der Waals surface area contributed by atoms with E-state index in [9.17, 15) is 5.26 Å². The van der Waals surface area contributed by atoms with Gasteiger partial charge in [0.2, 0.25) is 0 Å². The smallest absolute Gasteiger partial charge is 0.194 e. The molecule has 0 radical (unpaired) electrons. The fourth-order valence-electron chi connectivity index (χ4n) is 1.91. The van der Waals surface area contributed by atoms with Gasteiger partial charge in [-0.25, -0.2) is 4.98 Å². The van der Waals surface area contributed by atoms with Crippen LogP contribution in [0.25, 0.3) is 16.6 Å². The van der Waals surface area contributed by atoms with Crippen LogP contribution in [0.2, 0.25) is 0 Å². The topological polar surface area (TPSA) is 54.0 Å². The molecule has 3 aromatic heterocycles. The molecule has 0 aliphatic rings. The highest BCUT2D eigenvalue weighted by atomic mass is 32.1. The fourth-order valence-corrected chi connectivity index (χ4v) is 2.67. The summed E-state index contributed by atoms with van der Waals surface area (Å²) in [5.74, 6) is 0.